The van der Waals surface area contributed by atoms with Crippen molar-refractivity contribution in [3.8, 4) is 17.2 Å². The van der Waals surface area contributed by atoms with Crippen molar-refractivity contribution in [1.29, 1.82) is 0 Å². The molecule has 0 aromatic heterocycles. The Morgan fingerprint density at radius 1 is 1.03 bits per heavy atom. The van der Waals surface area contributed by atoms with Crippen LogP contribution >= 0.6 is 35.4 Å². The SMILES string of the molecule is CCOC(=O)c1ccc(OCC2c3cc(OC)c(OC)cc3CCN2C(=S)Nc2ccc(Cl)c(Cl)c2)cc1. The van der Waals surface area contributed by atoms with E-state index in [9.17, 15) is 4.79 Å². The normalized spacial score (nSPS) is 14.3. The van der Waals surface area contributed by atoms with Gasteiger partial charge in [0.2, 0.25) is 0 Å². The molecule has 0 aliphatic carbocycles. The molecule has 0 bridgehead atoms. The smallest absolute Gasteiger partial charge is 0.338 e. The van der Waals surface area contributed by atoms with Crippen molar-refractivity contribution in [2.45, 2.75) is 19.4 Å². The number of rotatable bonds is 8. The first kappa shape index (κ1) is 27.8. The Balaban J connectivity index is 1.60. The number of hydrogen-bond acceptors (Lipinski definition) is 6. The van der Waals surface area contributed by atoms with Gasteiger partial charge in [0.05, 0.1) is 42.5 Å². The number of ether oxygens (including phenoxy) is 4. The average molecular weight is 576 g/mol. The van der Waals surface area contributed by atoms with Gasteiger partial charge >= 0.3 is 5.97 Å². The van der Waals surface area contributed by atoms with Crippen LogP contribution in [0.4, 0.5) is 5.69 Å². The van der Waals surface area contributed by atoms with E-state index < -0.39 is 0 Å². The fourth-order valence-electron chi connectivity index (χ4n) is 4.30. The summed E-state index contributed by atoms with van der Waals surface area (Å²) in [7, 11) is 3.23. The zero-order valence-electron chi connectivity index (χ0n) is 21.3. The molecule has 3 aromatic carbocycles. The molecule has 7 nitrogen and oxygen atoms in total. The molecule has 1 N–H and O–H groups in total. The van der Waals surface area contributed by atoms with Crippen LogP contribution in [0.3, 0.4) is 0 Å². The minimum Gasteiger partial charge on any atom is -0.493 e. The number of nitrogens with one attached hydrogen (secondary N) is 1. The molecule has 0 saturated carbocycles. The summed E-state index contributed by atoms with van der Waals surface area (Å²) in [4.78, 5) is 14.1. The number of fused-ring (bicyclic) bond motifs is 1. The summed E-state index contributed by atoms with van der Waals surface area (Å²) < 4.78 is 22.4. The van der Waals surface area contributed by atoms with Crippen molar-refractivity contribution >= 4 is 52.2 Å². The summed E-state index contributed by atoms with van der Waals surface area (Å²) >= 11 is 18.1. The molecule has 200 valence electrons. The standard InChI is InChI=1S/C28H28Cl2N2O5S/c1-4-36-27(33)17-5-8-20(9-6-17)37-16-24-21-15-26(35-3)25(34-2)13-18(21)11-12-32(24)28(38)31-19-7-10-22(29)23(30)14-19/h5-10,13-15,24H,4,11-12,16H2,1-3H3,(H,31,38). The molecule has 1 atom stereocenters. The van der Waals surface area contributed by atoms with Crippen LogP contribution in [0, 0.1) is 0 Å². The first-order chi connectivity index (χ1) is 18.3. The minimum atomic E-state index is -0.369. The maximum absolute atomic E-state index is 12.0. The summed E-state index contributed by atoms with van der Waals surface area (Å²) in [5.74, 6) is 1.55. The van der Waals surface area contributed by atoms with E-state index in [4.69, 9.17) is 54.4 Å². The summed E-state index contributed by atoms with van der Waals surface area (Å²) in [5.41, 5.74) is 3.35. The van der Waals surface area contributed by atoms with E-state index >= 15 is 0 Å². The van der Waals surface area contributed by atoms with Crippen LogP contribution < -0.4 is 19.5 Å². The highest BCUT2D eigenvalue weighted by atomic mass is 35.5. The van der Waals surface area contributed by atoms with Gasteiger partial charge in [-0.05, 0) is 91.3 Å². The number of halogens is 2. The van der Waals surface area contributed by atoms with E-state index in [1.165, 1.54) is 0 Å². The largest absolute Gasteiger partial charge is 0.493 e. The number of hydrogen-bond donors (Lipinski definition) is 1. The van der Waals surface area contributed by atoms with E-state index in [1.807, 2.05) is 18.2 Å². The van der Waals surface area contributed by atoms with Gasteiger partial charge < -0.3 is 29.2 Å². The van der Waals surface area contributed by atoms with Gasteiger partial charge in [-0.3, -0.25) is 0 Å². The molecular weight excluding hydrogens is 547 g/mol. The van der Waals surface area contributed by atoms with Crippen LogP contribution in [0.15, 0.2) is 54.6 Å². The number of carbonyl (C=O) groups is 1. The molecule has 0 spiro atoms. The Morgan fingerprint density at radius 3 is 2.39 bits per heavy atom. The van der Waals surface area contributed by atoms with Gasteiger partial charge in [0.15, 0.2) is 16.6 Å². The predicted molar refractivity (Wildman–Crippen MR) is 153 cm³/mol. The van der Waals surface area contributed by atoms with Crippen LogP contribution in [0.25, 0.3) is 0 Å². The van der Waals surface area contributed by atoms with Crippen LogP contribution in [-0.4, -0.2) is 50.0 Å². The number of carbonyl (C=O) groups excluding carboxylic acids is 1. The molecule has 0 amide bonds. The number of esters is 1. The topological polar surface area (TPSA) is 69.3 Å². The van der Waals surface area contributed by atoms with Crippen LogP contribution in [-0.2, 0) is 11.2 Å². The molecule has 0 saturated heterocycles. The maximum atomic E-state index is 12.0. The quantitative estimate of drug-likeness (QED) is 0.239. The van der Waals surface area contributed by atoms with E-state index in [2.05, 4.69) is 10.2 Å². The lowest BCUT2D eigenvalue weighted by Crippen LogP contribution is -2.44. The van der Waals surface area contributed by atoms with Crippen molar-refractivity contribution in [2.75, 3.05) is 39.3 Å². The summed E-state index contributed by atoms with van der Waals surface area (Å²) in [6, 6.07) is 15.9. The first-order valence-corrected chi connectivity index (χ1v) is 13.2. The Hall–Kier alpha value is -3.20. The van der Waals surface area contributed by atoms with Gasteiger partial charge in [0, 0.05) is 12.2 Å². The third-order valence-corrected chi connectivity index (χ3v) is 7.28. The molecule has 4 rings (SSSR count). The van der Waals surface area contributed by atoms with E-state index in [0.29, 0.717) is 57.7 Å². The Bertz CT molecular complexity index is 1320. The molecule has 1 heterocycles. The zero-order valence-corrected chi connectivity index (χ0v) is 23.6. The third kappa shape index (κ3) is 6.26. The average Bonchev–Trinajstić information content (AvgIpc) is 2.93. The van der Waals surface area contributed by atoms with Crippen molar-refractivity contribution in [3.63, 3.8) is 0 Å². The van der Waals surface area contributed by atoms with Gasteiger partial charge in [-0.1, -0.05) is 23.2 Å². The summed E-state index contributed by atoms with van der Waals surface area (Å²) in [6.45, 7) is 3.04. The van der Waals surface area contributed by atoms with Gasteiger partial charge in [0.25, 0.3) is 0 Å². The van der Waals surface area contributed by atoms with E-state index in [1.54, 1.807) is 57.5 Å². The van der Waals surface area contributed by atoms with Crippen molar-refractivity contribution in [3.05, 3.63) is 81.3 Å². The molecule has 0 fully saturated rings. The van der Waals surface area contributed by atoms with Gasteiger partial charge in [-0.25, -0.2) is 4.79 Å². The Labute approximate surface area is 237 Å². The highest BCUT2D eigenvalue weighted by Gasteiger charge is 2.31. The van der Waals surface area contributed by atoms with Gasteiger partial charge in [-0.2, -0.15) is 0 Å². The van der Waals surface area contributed by atoms with Crippen LogP contribution in [0.5, 0.6) is 17.2 Å². The molecule has 0 radical (unpaired) electrons. The van der Waals surface area contributed by atoms with E-state index in [0.717, 1.165) is 23.2 Å². The van der Waals surface area contributed by atoms with Crippen molar-refractivity contribution < 1.29 is 23.7 Å². The molecular formula is C28H28Cl2N2O5S. The van der Waals surface area contributed by atoms with Crippen LogP contribution in [0.2, 0.25) is 10.0 Å². The summed E-state index contributed by atoms with van der Waals surface area (Å²) in [5, 5.41) is 4.70. The molecule has 10 heteroatoms. The van der Waals surface area contributed by atoms with Gasteiger partial charge in [0.1, 0.15) is 12.4 Å². The second kappa shape index (κ2) is 12.6. The first-order valence-electron chi connectivity index (χ1n) is 12.0. The second-order valence-electron chi connectivity index (χ2n) is 8.48. The van der Waals surface area contributed by atoms with E-state index in [-0.39, 0.29) is 12.0 Å². The number of thiocarbonyl (C=S) groups is 1. The fraction of sp³-hybridized carbons (Fsp3) is 0.286. The lowest BCUT2D eigenvalue weighted by atomic mass is 9.92. The third-order valence-electron chi connectivity index (χ3n) is 6.21. The Morgan fingerprint density at radius 2 is 1.74 bits per heavy atom. The Kier molecular flexibility index (Phi) is 9.20. The fourth-order valence-corrected chi connectivity index (χ4v) is 4.93. The van der Waals surface area contributed by atoms with Crippen LogP contribution in [0.1, 0.15) is 34.5 Å². The van der Waals surface area contributed by atoms with Crippen molar-refractivity contribution in [2.24, 2.45) is 0 Å². The lowest BCUT2D eigenvalue weighted by Gasteiger charge is -2.39. The number of methoxy groups -OCH3 is 2. The number of benzene rings is 3. The molecule has 1 aliphatic heterocycles. The molecule has 3 aromatic rings. The second-order valence-corrected chi connectivity index (χ2v) is 9.68. The number of nitrogens with zero attached hydrogens (tertiary/aromatic N) is 1. The zero-order chi connectivity index (χ0) is 27.2. The molecule has 1 unspecified atom stereocenters. The summed E-state index contributed by atoms with van der Waals surface area (Å²) in [6.07, 6.45) is 0.754. The van der Waals surface area contributed by atoms with Gasteiger partial charge in [-0.15, -0.1) is 0 Å². The lowest BCUT2D eigenvalue weighted by molar-refractivity contribution is 0.0526. The highest BCUT2D eigenvalue weighted by molar-refractivity contribution is 7.80. The van der Waals surface area contributed by atoms with Crippen molar-refractivity contribution in [1.82, 2.24) is 4.90 Å². The molecule has 1 aliphatic rings. The minimum absolute atomic E-state index is 0.230. The monoisotopic (exact) mass is 574 g/mol. The maximum Gasteiger partial charge on any atom is 0.338 e. The predicted octanol–water partition coefficient (Wildman–Crippen LogP) is 6.56. The number of anilines is 1. The molecule has 38 heavy (non-hydrogen) atoms. The highest BCUT2D eigenvalue weighted by Crippen LogP contribution is 2.39.